The molecule has 22 heavy (non-hydrogen) atoms. The summed E-state index contributed by atoms with van der Waals surface area (Å²) in [5.41, 5.74) is 2.91. The van der Waals surface area contributed by atoms with Crippen molar-refractivity contribution < 1.29 is 4.79 Å². The van der Waals surface area contributed by atoms with E-state index in [2.05, 4.69) is 15.6 Å². The topological polar surface area (TPSA) is 54.0 Å². The van der Waals surface area contributed by atoms with Crippen LogP contribution in [0.2, 0.25) is 0 Å². The monoisotopic (exact) mass is 309 g/mol. The number of carbonyl (C=O) groups excluding carboxylic acids is 1. The molecule has 0 aliphatic heterocycles. The summed E-state index contributed by atoms with van der Waals surface area (Å²) in [4.78, 5) is 16.1. The Morgan fingerprint density at radius 2 is 1.82 bits per heavy atom. The quantitative estimate of drug-likeness (QED) is 0.761. The Hall–Kier alpha value is -2.66. The first-order chi connectivity index (χ1) is 10.8. The molecule has 0 atom stereocenters. The van der Waals surface area contributed by atoms with Crippen molar-refractivity contribution in [3.8, 4) is 10.6 Å². The Morgan fingerprint density at radius 1 is 1.05 bits per heavy atom. The van der Waals surface area contributed by atoms with Gasteiger partial charge < -0.3 is 10.6 Å². The largest absolute Gasteiger partial charge is 0.334 e. The minimum absolute atomic E-state index is 0.213. The molecule has 2 N–H and O–H groups in total. The summed E-state index contributed by atoms with van der Waals surface area (Å²) >= 11 is 1.61. The molecule has 2 aromatic carbocycles. The van der Waals surface area contributed by atoms with Gasteiger partial charge >= 0.3 is 6.03 Å². The van der Waals surface area contributed by atoms with Crippen LogP contribution in [0.25, 0.3) is 10.6 Å². The first kappa shape index (κ1) is 14.3. The van der Waals surface area contributed by atoms with Gasteiger partial charge in [0.2, 0.25) is 0 Å². The highest BCUT2D eigenvalue weighted by Gasteiger charge is 2.03. The van der Waals surface area contributed by atoms with Crippen LogP contribution in [-0.4, -0.2) is 11.0 Å². The highest BCUT2D eigenvalue weighted by molar-refractivity contribution is 7.13. The van der Waals surface area contributed by atoms with Crippen molar-refractivity contribution in [1.29, 1.82) is 0 Å². The highest BCUT2D eigenvalue weighted by Crippen LogP contribution is 2.21. The molecule has 0 fully saturated rings. The second-order valence-corrected chi connectivity index (χ2v) is 5.60. The molecule has 1 heterocycles. The zero-order valence-corrected chi connectivity index (χ0v) is 12.6. The van der Waals surface area contributed by atoms with Crippen LogP contribution in [0.15, 0.2) is 66.2 Å². The molecule has 0 radical (unpaired) electrons. The summed E-state index contributed by atoms with van der Waals surface area (Å²) in [6.45, 7) is 0.483. The average Bonchev–Trinajstić information content (AvgIpc) is 3.09. The van der Waals surface area contributed by atoms with Gasteiger partial charge in [-0.1, -0.05) is 42.5 Å². The predicted octanol–water partition coefficient (Wildman–Crippen LogP) is 4.13. The van der Waals surface area contributed by atoms with E-state index in [4.69, 9.17) is 0 Å². The standard InChI is InChI=1S/C17H15N3OS/c21-17(20-15-4-2-1-3-5-15)19-12-13-6-8-14(9-7-13)16-18-10-11-22-16/h1-11H,12H2,(H2,19,20,21). The number of anilines is 1. The molecule has 0 saturated carbocycles. The minimum atomic E-state index is -0.213. The second kappa shape index (κ2) is 6.87. The van der Waals surface area contributed by atoms with Crippen molar-refractivity contribution in [3.05, 3.63) is 71.7 Å². The fraction of sp³-hybridized carbons (Fsp3) is 0.0588. The molecule has 5 heteroatoms. The molecule has 0 spiro atoms. The Morgan fingerprint density at radius 3 is 2.50 bits per heavy atom. The average molecular weight is 309 g/mol. The van der Waals surface area contributed by atoms with Gasteiger partial charge in [-0.2, -0.15) is 0 Å². The van der Waals surface area contributed by atoms with Gasteiger partial charge in [-0.3, -0.25) is 0 Å². The van der Waals surface area contributed by atoms with E-state index in [-0.39, 0.29) is 6.03 Å². The number of thiazole rings is 1. The molecule has 3 rings (SSSR count). The van der Waals surface area contributed by atoms with Crippen LogP contribution in [0, 0.1) is 0 Å². The second-order valence-electron chi connectivity index (χ2n) is 4.71. The molecule has 3 aromatic rings. The molecule has 0 bridgehead atoms. The first-order valence-corrected chi connectivity index (χ1v) is 7.78. The van der Waals surface area contributed by atoms with E-state index in [1.165, 1.54) is 0 Å². The van der Waals surface area contributed by atoms with Crippen LogP contribution >= 0.6 is 11.3 Å². The Kier molecular flexibility index (Phi) is 4.46. The van der Waals surface area contributed by atoms with Gasteiger partial charge in [-0.05, 0) is 17.7 Å². The first-order valence-electron chi connectivity index (χ1n) is 6.90. The van der Waals surface area contributed by atoms with E-state index in [1.54, 1.807) is 17.5 Å². The van der Waals surface area contributed by atoms with Crippen molar-refractivity contribution in [2.24, 2.45) is 0 Å². The van der Waals surface area contributed by atoms with E-state index in [0.29, 0.717) is 6.54 Å². The van der Waals surface area contributed by atoms with Gasteiger partial charge in [-0.25, -0.2) is 9.78 Å². The number of para-hydroxylation sites is 1. The van der Waals surface area contributed by atoms with Crippen LogP contribution in [-0.2, 0) is 6.54 Å². The Bertz CT molecular complexity index is 724. The lowest BCUT2D eigenvalue weighted by Crippen LogP contribution is -2.28. The zero-order valence-electron chi connectivity index (χ0n) is 11.8. The highest BCUT2D eigenvalue weighted by atomic mass is 32.1. The van der Waals surface area contributed by atoms with E-state index in [1.807, 2.05) is 60.0 Å². The third-order valence-electron chi connectivity index (χ3n) is 3.12. The molecule has 0 aliphatic rings. The number of urea groups is 1. The van der Waals surface area contributed by atoms with Gasteiger partial charge in [0.25, 0.3) is 0 Å². The van der Waals surface area contributed by atoms with Crippen molar-refractivity contribution in [2.75, 3.05) is 5.32 Å². The molecule has 0 saturated heterocycles. The third-order valence-corrected chi connectivity index (χ3v) is 3.94. The number of nitrogens with zero attached hydrogens (tertiary/aromatic N) is 1. The van der Waals surface area contributed by atoms with Crippen molar-refractivity contribution in [3.63, 3.8) is 0 Å². The van der Waals surface area contributed by atoms with Crippen molar-refractivity contribution in [1.82, 2.24) is 10.3 Å². The van der Waals surface area contributed by atoms with Crippen LogP contribution in [0.1, 0.15) is 5.56 Å². The summed E-state index contributed by atoms with van der Waals surface area (Å²) in [6.07, 6.45) is 1.80. The molecular formula is C17H15N3OS. The summed E-state index contributed by atoms with van der Waals surface area (Å²) in [5.74, 6) is 0. The number of hydrogen-bond donors (Lipinski definition) is 2. The fourth-order valence-electron chi connectivity index (χ4n) is 2.01. The number of carbonyl (C=O) groups is 1. The number of benzene rings is 2. The normalized spacial score (nSPS) is 10.2. The predicted molar refractivity (Wildman–Crippen MR) is 89.9 cm³/mol. The van der Waals surface area contributed by atoms with Crippen molar-refractivity contribution >= 4 is 23.1 Å². The lowest BCUT2D eigenvalue weighted by molar-refractivity contribution is 0.251. The van der Waals surface area contributed by atoms with Crippen LogP contribution in [0.3, 0.4) is 0 Å². The van der Waals surface area contributed by atoms with Crippen LogP contribution in [0.5, 0.6) is 0 Å². The maximum atomic E-state index is 11.8. The molecule has 110 valence electrons. The Labute approximate surface area is 132 Å². The van der Waals surface area contributed by atoms with E-state index < -0.39 is 0 Å². The van der Waals surface area contributed by atoms with Gasteiger partial charge in [0.15, 0.2) is 0 Å². The number of aromatic nitrogens is 1. The zero-order chi connectivity index (χ0) is 15.2. The minimum Gasteiger partial charge on any atom is -0.334 e. The fourth-order valence-corrected chi connectivity index (χ4v) is 2.65. The maximum absolute atomic E-state index is 11.8. The van der Waals surface area contributed by atoms with Gasteiger partial charge in [0.1, 0.15) is 5.01 Å². The Balaban J connectivity index is 1.54. The molecule has 1 aromatic heterocycles. The summed E-state index contributed by atoms with van der Waals surface area (Å²) < 4.78 is 0. The molecule has 4 nitrogen and oxygen atoms in total. The molecule has 2 amide bonds. The van der Waals surface area contributed by atoms with Crippen molar-refractivity contribution in [2.45, 2.75) is 6.54 Å². The van der Waals surface area contributed by atoms with Crippen LogP contribution in [0.4, 0.5) is 10.5 Å². The summed E-state index contributed by atoms with van der Waals surface area (Å²) in [7, 11) is 0. The third kappa shape index (κ3) is 3.71. The number of rotatable bonds is 4. The number of hydrogen-bond acceptors (Lipinski definition) is 3. The SMILES string of the molecule is O=C(NCc1ccc(-c2nccs2)cc1)Nc1ccccc1. The molecule has 0 aliphatic carbocycles. The summed E-state index contributed by atoms with van der Waals surface area (Å²) in [5, 5.41) is 8.58. The van der Waals surface area contributed by atoms with Gasteiger partial charge in [0.05, 0.1) is 0 Å². The van der Waals surface area contributed by atoms with Crippen LogP contribution < -0.4 is 10.6 Å². The number of amides is 2. The van der Waals surface area contributed by atoms with E-state index in [0.717, 1.165) is 21.8 Å². The lowest BCUT2D eigenvalue weighted by Gasteiger charge is -2.08. The molecular weight excluding hydrogens is 294 g/mol. The van der Waals surface area contributed by atoms with Gasteiger partial charge in [0, 0.05) is 29.4 Å². The maximum Gasteiger partial charge on any atom is 0.319 e. The smallest absolute Gasteiger partial charge is 0.319 e. The molecule has 0 unspecified atom stereocenters. The lowest BCUT2D eigenvalue weighted by atomic mass is 10.1. The number of nitrogens with one attached hydrogen (secondary N) is 2. The van der Waals surface area contributed by atoms with Gasteiger partial charge in [-0.15, -0.1) is 11.3 Å². The van der Waals surface area contributed by atoms with E-state index in [9.17, 15) is 4.79 Å². The summed E-state index contributed by atoms with van der Waals surface area (Å²) in [6, 6.07) is 17.2. The van der Waals surface area contributed by atoms with E-state index >= 15 is 0 Å².